The van der Waals surface area contributed by atoms with Gasteiger partial charge in [0.25, 0.3) is 5.56 Å². The van der Waals surface area contributed by atoms with Gasteiger partial charge in [-0.3, -0.25) is 9.78 Å². The molecule has 82 valence electrons. The van der Waals surface area contributed by atoms with Gasteiger partial charge in [0.1, 0.15) is 0 Å². The molecule has 0 amide bonds. The number of aromatic amines is 2. The van der Waals surface area contributed by atoms with E-state index in [0.29, 0.717) is 5.56 Å². The second kappa shape index (κ2) is 7.13. The molecule has 0 aliphatic heterocycles. The van der Waals surface area contributed by atoms with Gasteiger partial charge < -0.3 is 21.1 Å². The molecule has 1 aromatic rings. The zero-order chi connectivity index (χ0) is 11.4. The fourth-order valence-electron chi connectivity index (χ4n) is 0.477. The van der Waals surface area contributed by atoms with Gasteiger partial charge in [-0.1, -0.05) is 0 Å². The summed E-state index contributed by atoms with van der Waals surface area (Å²) in [5.74, 6) is 0. The molecule has 0 saturated heterocycles. The first-order valence-electron chi connectivity index (χ1n) is 3.27. The van der Waals surface area contributed by atoms with Crippen molar-refractivity contribution < 1.29 is 50.2 Å². The van der Waals surface area contributed by atoms with Gasteiger partial charge in [0.2, 0.25) is 0 Å². The summed E-state index contributed by atoms with van der Waals surface area (Å²) in [5, 5.41) is 0. The van der Waals surface area contributed by atoms with Crippen molar-refractivity contribution in [3.05, 3.63) is 32.6 Å². The van der Waals surface area contributed by atoms with Crippen molar-refractivity contribution >= 4 is 7.82 Å². The fraction of sp³-hybridized carbons (Fsp3) is 0.200. The summed E-state index contributed by atoms with van der Waals surface area (Å²) in [7, 11) is -4.64. The quantitative estimate of drug-likeness (QED) is 0.231. The van der Waals surface area contributed by atoms with E-state index in [9.17, 15) is 9.59 Å². The minimum absolute atomic E-state index is 0. The van der Waals surface area contributed by atoms with Crippen LogP contribution in [0.4, 0.5) is 0 Å². The first-order chi connectivity index (χ1) is 6.20. The molecule has 0 fully saturated rings. The predicted molar refractivity (Wildman–Crippen MR) is 47.8 cm³/mol. The Balaban J connectivity index is -0.000000214. The molecule has 0 bridgehead atoms. The summed E-state index contributed by atoms with van der Waals surface area (Å²) in [6.07, 6.45) is 1.38. The second-order valence-electron chi connectivity index (χ2n) is 2.27. The van der Waals surface area contributed by atoms with Crippen molar-refractivity contribution in [1.29, 1.82) is 0 Å². The predicted octanol–water partition coefficient (Wildman–Crippen LogP) is -4.44. The zero-order valence-corrected chi connectivity index (χ0v) is 11.0. The molecule has 0 spiro atoms. The van der Waals surface area contributed by atoms with Crippen molar-refractivity contribution in [1.82, 2.24) is 9.97 Å². The first-order valence-corrected chi connectivity index (χ1v) is 4.83. The Kier molecular flexibility index (Phi) is 8.17. The summed E-state index contributed by atoms with van der Waals surface area (Å²) in [4.78, 5) is 46.9. The summed E-state index contributed by atoms with van der Waals surface area (Å²) < 4.78 is 8.88. The Morgan fingerprint density at radius 1 is 1.33 bits per heavy atom. The molecule has 0 aromatic carbocycles. The molecule has 0 aliphatic rings. The van der Waals surface area contributed by atoms with Crippen LogP contribution in [0.2, 0.25) is 0 Å². The van der Waals surface area contributed by atoms with Crippen LogP contribution >= 0.6 is 7.82 Å². The van der Waals surface area contributed by atoms with Crippen LogP contribution < -0.4 is 40.8 Å². The molecular weight excluding hydrogens is 238 g/mol. The molecule has 15 heavy (non-hydrogen) atoms. The maximum atomic E-state index is 10.6. The molecule has 1 rings (SSSR count). The fourth-order valence-corrected chi connectivity index (χ4v) is 0.477. The molecule has 0 aliphatic carbocycles. The van der Waals surface area contributed by atoms with Crippen LogP contribution in [0, 0.1) is 6.92 Å². The van der Waals surface area contributed by atoms with Gasteiger partial charge in [-0.05, 0) is 6.92 Å². The summed E-state index contributed by atoms with van der Waals surface area (Å²) in [6, 6.07) is 0. The van der Waals surface area contributed by atoms with E-state index in [1.165, 1.54) is 6.20 Å². The van der Waals surface area contributed by atoms with E-state index in [1.807, 2.05) is 0 Å². The van der Waals surface area contributed by atoms with Gasteiger partial charge in [0, 0.05) is 11.8 Å². The van der Waals surface area contributed by atoms with E-state index < -0.39 is 13.5 Å². The smallest absolute Gasteiger partial charge is 1.00 e. The summed E-state index contributed by atoms with van der Waals surface area (Å²) >= 11 is 0. The standard InChI is InChI=1S/C5H6N2O2.Na.H3O4P.H/c1-3-2-6-5(9)7-4(3)8;;1-5(2,3)4;/h2H,1H3,(H2,6,7,8,9);;(H3,1,2,3,4);/q;+1;;-1. The van der Waals surface area contributed by atoms with E-state index in [-0.39, 0.29) is 36.5 Å². The molecule has 0 saturated carbocycles. The maximum Gasteiger partial charge on any atom is 1.00 e. The van der Waals surface area contributed by atoms with Crippen LogP contribution in [0.1, 0.15) is 6.99 Å². The van der Waals surface area contributed by atoms with E-state index in [4.69, 9.17) is 19.2 Å². The molecular formula is C5H10N2NaO6P. The van der Waals surface area contributed by atoms with Crippen LogP contribution in [-0.4, -0.2) is 24.6 Å². The van der Waals surface area contributed by atoms with Gasteiger partial charge in [-0.25, -0.2) is 9.36 Å². The van der Waals surface area contributed by atoms with Crippen LogP contribution in [0.3, 0.4) is 0 Å². The molecule has 1 heterocycles. The normalized spacial score (nSPS) is 9.60. The average molecular weight is 248 g/mol. The van der Waals surface area contributed by atoms with Gasteiger partial charge >= 0.3 is 43.1 Å². The molecule has 0 unspecified atom stereocenters. The monoisotopic (exact) mass is 248 g/mol. The number of rotatable bonds is 0. The van der Waals surface area contributed by atoms with Gasteiger partial charge in [-0.2, -0.15) is 0 Å². The summed E-state index contributed by atoms with van der Waals surface area (Å²) in [6.45, 7) is 1.62. The number of nitrogens with one attached hydrogen (secondary N) is 2. The minimum atomic E-state index is -4.64. The molecule has 0 atom stereocenters. The molecule has 1 aromatic heterocycles. The number of aromatic nitrogens is 2. The number of phosphoric acid groups is 1. The van der Waals surface area contributed by atoms with Gasteiger partial charge in [0.15, 0.2) is 0 Å². The van der Waals surface area contributed by atoms with E-state index in [1.54, 1.807) is 6.92 Å². The Labute approximate surface area is 107 Å². The van der Waals surface area contributed by atoms with Crippen molar-refractivity contribution in [2.45, 2.75) is 6.92 Å². The summed E-state index contributed by atoms with van der Waals surface area (Å²) in [5.41, 5.74) is -0.293. The third-order valence-corrected chi connectivity index (χ3v) is 1.00. The van der Waals surface area contributed by atoms with Crippen molar-refractivity contribution in [3.63, 3.8) is 0 Å². The van der Waals surface area contributed by atoms with Crippen molar-refractivity contribution in [2.24, 2.45) is 0 Å². The van der Waals surface area contributed by atoms with Crippen molar-refractivity contribution in [3.8, 4) is 0 Å². The average Bonchev–Trinajstić information content (AvgIpc) is 1.94. The van der Waals surface area contributed by atoms with Crippen molar-refractivity contribution in [2.75, 3.05) is 0 Å². The Morgan fingerprint density at radius 3 is 2.00 bits per heavy atom. The van der Waals surface area contributed by atoms with E-state index in [0.717, 1.165) is 0 Å². The Morgan fingerprint density at radius 2 is 1.73 bits per heavy atom. The molecule has 0 radical (unpaired) electrons. The van der Waals surface area contributed by atoms with Crippen LogP contribution in [0.5, 0.6) is 0 Å². The zero-order valence-electron chi connectivity index (χ0n) is 9.09. The van der Waals surface area contributed by atoms with Gasteiger partial charge in [-0.15, -0.1) is 0 Å². The number of hydrogen-bond donors (Lipinski definition) is 5. The SMILES string of the molecule is Cc1c[nH]c(=O)[nH]c1=O.O=P(O)(O)O.[H-].[Na+]. The third kappa shape index (κ3) is 11.7. The molecule has 10 heteroatoms. The Hall–Kier alpha value is -0.210. The topological polar surface area (TPSA) is 143 Å². The molecule has 5 N–H and O–H groups in total. The van der Waals surface area contributed by atoms with Crippen LogP contribution in [0.25, 0.3) is 0 Å². The van der Waals surface area contributed by atoms with E-state index in [2.05, 4.69) is 9.97 Å². The largest absolute Gasteiger partial charge is 1.00 e. The number of hydrogen-bond acceptors (Lipinski definition) is 3. The number of H-pyrrole nitrogens is 2. The minimum Gasteiger partial charge on any atom is -1.00 e. The van der Waals surface area contributed by atoms with Gasteiger partial charge in [0.05, 0.1) is 0 Å². The second-order valence-corrected chi connectivity index (χ2v) is 3.29. The first kappa shape index (κ1) is 17.2. The van der Waals surface area contributed by atoms with Crippen LogP contribution in [0.15, 0.2) is 15.8 Å². The maximum absolute atomic E-state index is 10.6. The van der Waals surface area contributed by atoms with Crippen LogP contribution in [-0.2, 0) is 4.57 Å². The van der Waals surface area contributed by atoms with E-state index >= 15 is 0 Å². The Bertz CT molecular complexity index is 444. The third-order valence-electron chi connectivity index (χ3n) is 1.00. The molecule has 8 nitrogen and oxygen atoms in total. The number of aryl methyl sites for hydroxylation is 1.